The molecule has 0 spiro atoms. The molecule has 0 aliphatic heterocycles. The molecule has 0 unspecified atom stereocenters. The standard InChI is InChI=1S/CH4OS76/c1-2-78(4,5)77-76-75-74-73-72-71-70-69-68-67-66-65-64-63-62-61-60-59-58-57-56-55-54-53-52-51-50-49-48-47-46-45-44-43-42-41-40-39-38-37-36-35-34-33-32-31-30-29-28-27-26-25-24-23-22-21-20-19-18-17-16-15-14-13-12-11-10-9-8-7-6-3/h3H,1H3. The van der Waals surface area contributed by atoms with Crippen molar-refractivity contribution in [2.75, 3.05) is 7.11 Å². The van der Waals surface area contributed by atoms with Crippen LogP contribution in [0.25, 0.3) is 0 Å². The summed E-state index contributed by atoms with van der Waals surface area (Å²) in [6.45, 7) is -1.80. The molecular formula is CH4OS76. The highest BCUT2D eigenvalue weighted by Gasteiger charge is 2.08. The van der Waals surface area contributed by atoms with E-state index >= 15 is 0 Å². The Bertz CT molecular complexity index is 1130. The summed E-state index contributed by atoms with van der Waals surface area (Å²) in [7, 11) is 131. The average molecular weight is 2470 g/mol. The molecule has 0 aromatic heterocycles. The zero-order chi connectivity index (χ0) is 56.1. The molecule has 0 saturated heterocycles. The highest BCUT2D eigenvalue weighted by Crippen LogP contribution is 2.71. The molecule has 0 heterocycles. The lowest BCUT2D eigenvalue weighted by Crippen LogP contribution is -1.87. The third kappa shape index (κ3) is 98.4. The molecule has 470 valence electrons. The monoisotopic (exact) mass is 2460 g/mol. The van der Waals surface area contributed by atoms with Gasteiger partial charge in [0.15, 0.2) is 0 Å². The Morgan fingerprint density at radius 2 is 0.269 bits per heavy atom. The molecule has 0 aromatic carbocycles. The lowest BCUT2D eigenvalue weighted by Gasteiger charge is -2.03. The fourth-order valence-corrected chi connectivity index (χ4v) is 200. The Balaban J connectivity index is 3.09. The first-order chi connectivity index (χ1) is 38.6. The average Bonchev–Trinajstić information content (AvgIpc) is 3.44. The quantitative estimate of drug-likeness (QED) is 0.0352. The van der Waals surface area contributed by atoms with Crippen LogP contribution in [0, 0.1) is 0 Å². The minimum Gasteiger partial charge on any atom is -0.305 e. The van der Waals surface area contributed by atoms with Crippen LogP contribution >= 0.6 is 719 Å². The summed E-state index contributed by atoms with van der Waals surface area (Å²) in [5.41, 5.74) is 0. The molecule has 0 aliphatic rings. The van der Waals surface area contributed by atoms with Gasteiger partial charge in [-0.15, -0.1) is 0 Å². The second-order valence-electron chi connectivity index (χ2n) is 5.48. The minimum atomic E-state index is -1.80. The van der Waals surface area contributed by atoms with E-state index < -0.39 is 6.46 Å². The molecule has 0 atom stereocenters. The van der Waals surface area contributed by atoms with Crippen LogP contribution in [0.2, 0.25) is 0 Å². The summed E-state index contributed by atoms with van der Waals surface area (Å²) in [4.78, 5) is 0. The third-order valence-corrected chi connectivity index (χ3v) is 167. The van der Waals surface area contributed by atoms with Crippen molar-refractivity contribution in [1.29, 1.82) is 0 Å². The van der Waals surface area contributed by atoms with Crippen LogP contribution in [0.4, 0.5) is 0 Å². The Morgan fingerprint density at radius 1 is 0.179 bits per heavy atom. The number of hydrogen-bond acceptors (Lipinski definition) is 76. The molecule has 77 heteroatoms. The van der Waals surface area contributed by atoms with Crippen LogP contribution in [-0.2, 0) is 33.0 Å². The minimum absolute atomic E-state index is 1.46. The van der Waals surface area contributed by atoms with Crippen LogP contribution in [0.1, 0.15) is 0 Å². The van der Waals surface area contributed by atoms with Crippen molar-refractivity contribution < 1.29 is 4.18 Å². The van der Waals surface area contributed by atoms with Gasteiger partial charge in [0, 0.05) is 629 Å². The predicted molar refractivity (Wildman–Crippen MR) is 585 cm³/mol. The van der Waals surface area contributed by atoms with Gasteiger partial charge >= 0.3 is 0 Å². The molecule has 78 heavy (non-hydrogen) atoms. The summed E-state index contributed by atoms with van der Waals surface area (Å²) >= 11 is 14.5. The van der Waals surface area contributed by atoms with E-state index in [1.807, 2.05) is 540 Å². The van der Waals surface area contributed by atoms with E-state index in [2.05, 4.69) is 11.7 Å². The largest absolute Gasteiger partial charge is 0.305 e. The number of hydrogen-bond donors (Lipinski definition) is 1. The van der Waals surface area contributed by atoms with Gasteiger partial charge in [0.1, 0.15) is 0 Å². The van der Waals surface area contributed by atoms with Gasteiger partial charge in [-0.25, -0.2) is 0 Å². The van der Waals surface area contributed by atoms with E-state index in [-0.39, 0.29) is 0 Å². The molecule has 0 N–H and O–H groups in total. The Morgan fingerprint density at radius 3 is 0.359 bits per heavy atom. The van der Waals surface area contributed by atoms with Crippen molar-refractivity contribution in [2.24, 2.45) is 0 Å². The topological polar surface area (TPSA) is 9.23 Å². The van der Waals surface area contributed by atoms with Crippen LogP contribution in [-0.4, -0.2) is 7.11 Å². The Labute approximate surface area is 738 Å². The highest BCUT2D eigenvalue weighted by molar-refractivity contribution is 9.66. The summed E-state index contributed by atoms with van der Waals surface area (Å²) in [5, 5.41) is 0. The van der Waals surface area contributed by atoms with Crippen LogP contribution in [0.3, 0.4) is 0 Å². The van der Waals surface area contributed by atoms with Crippen molar-refractivity contribution in [1.82, 2.24) is 0 Å². The summed E-state index contributed by atoms with van der Waals surface area (Å²) < 4.78 is 5.12. The van der Waals surface area contributed by atoms with Crippen LogP contribution < -0.4 is 0 Å². The molecule has 0 aromatic rings. The molecule has 0 aliphatic carbocycles. The maximum absolute atomic E-state index is 5.18. The molecule has 0 radical (unpaired) electrons. The second kappa shape index (κ2) is 97.5. The lowest BCUT2D eigenvalue weighted by molar-refractivity contribution is 0.491. The lowest BCUT2D eigenvalue weighted by atomic mass is 11.8. The van der Waals surface area contributed by atoms with Gasteiger partial charge in [-0.2, -0.15) is 0 Å². The molecule has 0 rings (SSSR count). The maximum atomic E-state index is 5.18. The molecular weight excluding hydrogens is 2470 g/mol. The van der Waals surface area contributed by atoms with E-state index in [0.717, 1.165) is 0 Å². The molecule has 0 saturated carbocycles. The van der Waals surface area contributed by atoms with Gasteiger partial charge in [-0.05, 0) is 101 Å². The predicted octanol–water partition coefficient (Wildman–Crippen LogP) is 47.1. The van der Waals surface area contributed by atoms with Crippen molar-refractivity contribution in [3.05, 3.63) is 0 Å². The van der Waals surface area contributed by atoms with E-state index in [1.165, 1.54) is 19.7 Å². The smallest absolute Gasteiger partial charge is 0.0817 e. The fourth-order valence-electron chi connectivity index (χ4n) is 0.857. The van der Waals surface area contributed by atoms with Gasteiger partial charge in [0.05, 0.1) is 13.6 Å². The van der Waals surface area contributed by atoms with Crippen molar-refractivity contribution in [3.8, 4) is 0 Å². The van der Waals surface area contributed by atoms with E-state index in [4.69, 9.17) is 26.6 Å². The second-order valence-corrected chi connectivity index (χ2v) is 140. The summed E-state index contributed by atoms with van der Waals surface area (Å²) in [6, 6.07) is 0. The normalized spacial score (nSPS) is 12.0. The molecule has 0 amide bonds. The maximum Gasteiger partial charge on any atom is 0.0817 e. The summed E-state index contributed by atoms with van der Waals surface area (Å²) in [6.07, 6.45) is 0. The summed E-state index contributed by atoms with van der Waals surface area (Å²) in [5.74, 6) is 0. The third-order valence-electron chi connectivity index (χ3n) is 2.26. The van der Waals surface area contributed by atoms with Gasteiger partial charge in [0.2, 0.25) is 0 Å². The van der Waals surface area contributed by atoms with E-state index in [9.17, 15) is 0 Å². The van der Waals surface area contributed by atoms with Crippen molar-refractivity contribution in [3.63, 3.8) is 0 Å². The zero-order valence-electron chi connectivity index (χ0n) is 32.5. The first kappa shape index (κ1) is 104. The zero-order valence-corrected chi connectivity index (χ0v) is 94.6. The van der Waals surface area contributed by atoms with E-state index in [0.29, 0.717) is 0 Å². The Kier molecular flexibility index (Phi) is 130. The van der Waals surface area contributed by atoms with Gasteiger partial charge < -0.3 is 4.18 Å². The van der Waals surface area contributed by atoms with Crippen molar-refractivity contribution >= 4 is 748 Å². The Hall–Kier alpha value is 26.3. The van der Waals surface area contributed by atoms with Gasteiger partial charge in [-0.1, -0.05) is 11.7 Å². The number of thiol groups is 1. The first-order valence-corrected chi connectivity index (χ1v) is 114. The number of rotatable bonds is 73. The van der Waals surface area contributed by atoms with Crippen molar-refractivity contribution in [2.45, 2.75) is 0 Å². The van der Waals surface area contributed by atoms with E-state index in [1.54, 1.807) is 154 Å². The van der Waals surface area contributed by atoms with Crippen LogP contribution in [0.15, 0.2) is 0 Å². The molecule has 0 bridgehead atoms. The molecule has 1 nitrogen and oxygen atoms in total. The van der Waals surface area contributed by atoms with Gasteiger partial charge in [0.25, 0.3) is 0 Å². The highest BCUT2D eigenvalue weighted by atomic mass is 34.1. The van der Waals surface area contributed by atoms with Crippen LogP contribution in [0.5, 0.6) is 0 Å². The SMILES string of the molecule is COS(=S)(=S)SSSSSSSSSSSSSSSSSSSSSSSSSSSSSSSSSSSSSSSSSSSSSSSSSSSSSSSSSSSSSSSSSSSSSSSSS. The molecule has 0 fully saturated rings. The first-order valence-electron chi connectivity index (χ1n) is 13.1. The van der Waals surface area contributed by atoms with Gasteiger partial charge in [-0.3, -0.25) is 0 Å². The fraction of sp³-hybridized carbons (Fsp3) is 1.00.